The molecule has 0 amide bonds. The summed E-state index contributed by atoms with van der Waals surface area (Å²) in [4.78, 5) is 1.72. The van der Waals surface area contributed by atoms with E-state index in [1.807, 2.05) is 6.92 Å². The molecular weight excluding hydrogens is 284 g/mol. The van der Waals surface area contributed by atoms with Gasteiger partial charge in [0.1, 0.15) is 5.69 Å². The van der Waals surface area contributed by atoms with E-state index < -0.39 is 0 Å². The molecule has 0 saturated heterocycles. The standard InChI is InChI=1S/C19H26N4/c1-8-18-15(4)21-23(22-18)12-19(6,7)16(5)20-17-10-9-13(2)14(3)11-17/h8-11,20H,1,5,12H2,2-4,6-7H3. The fourth-order valence-corrected chi connectivity index (χ4v) is 2.31. The lowest BCUT2D eigenvalue weighted by Gasteiger charge is -2.27. The summed E-state index contributed by atoms with van der Waals surface area (Å²) >= 11 is 0. The maximum absolute atomic E-state index is 4.45. The second-order valence-electron chi connectivity index (χ2n) is 6.69. The van der Waals surface area contributed by atoms with Crippen LogP contribution < -0.4 is 5.32 Å². The summed E-state index contributed by atoms with van der Waals surface area (Å²) in [6, 6.07) is 6.34. The minimum atomic E-state index is -0.192. The molecule has 0 spiro atoms. The van der Waals surface area contributed by atoms with Crippen LogP contribution in [0.3, 0.4) is 0 Å². The first-order valence-electron chi connectivity index (χ1n) is 7.81. The maximum atomic E-state index is 4.45. The van der Waals surface area contributed by atoms with Crippen LogP contribution in [0.5, 0.6) is 0 Å². The molecule has 2 aromatic rings. The molecule has 4 heteroatoms. The van der Waals surface area contributed by atoms with Gasteiger partial charge in [0.25, 0.3) is 0 Å². The fraction of sp³-hybridized carbons (Fsp3) is 0.368. The largest absolute Gasteiger partial charge is 0.359 e. The van der Waals surface area contributed by atoms with Gasteiger partial charge in [-0.1, -0.05) is 33.1 Å². The third kappa shape index (κ3) is 3.89. The van der Waals surface area contributed by atoms with Crippen molar-refractivity contribution in [3.05, 3.63) is 59.6 Å². The summed E-state index contributed by atoms with van der Waals surface area (Å²) in [6.45, 7) is 19.1. The van der Waals surface area contributed by atoms with Crippen molar-refractivity contribution in [3.8, 4) is 0 Å². The smallest absolute Gasteiger partial charge is 0.108 e. The topological polar surface area (TPSA) is 42.7 Å². The van der Waals surface area contributed by atoms with Crippen molar-refractivity contribution < 1.29 is 0 Å². The Bertz CT molecular complexity index is 738. The number of rotatable bonds is 6. The molecule has 0 aliphatic heterocycles. The van der Waals surface area contributed by atoms with Crippen LogP contribution in [-0.2, 0) is 6.54 Å². The van der Waals surface area contributed by atoms with Crippen LogP contribution >= 0.6 is 0 Å². The summed E-state index contributed by atoms with van der Waals surface area (Å²) in [6.07, 6.45) is 1.73. The molecule has 1 N–H and O–H groups in total. The Hall–Kier alpha value is -2.36. The molecule has 0 atom stereocenters. The Morgan fingerprint density at radius 1 is 1.22 bits per heavy atom. The molecule has 1 aromatic carbocycles. The molecule has 4 nitrogen and oxygen atoms in total. The first kappa shape index (κ1) is 17.0. The van der Waals surface area contributed by atoms with Crippen molar-refractivity contribution in [1.29, 1.82) is 0 Å². The van der Waals surface area contributed by atoms with Gasteiger partial charge in [0.2, 0.25) is 0 Å². The van der Waals surface area contributed by atoms with Gasteiger partial charge in [-0.15, -0.1) is 0 Å². The van der Waals surface area contributed by atoms with Gasteiger partial charge < -0.3 is 5.32 Å². The van der Waals surface area contributed by atoms with Gasteiger partial charge in [-0.05, 0) is 50.1 Å². The Labute approximate surface area is 138 Å². The van der Waals surface area contributed by atoms with Crippen LogP contribution in [0.4, 0.5) is 5.69 Å². The van der Waals surface area contributed by atoms with Crippen molar-refractivity contribution in [2.45, 2.75) is 41.2 Å². The molecule has 0 radical (unpaired) electrons. The highest BCUT2D eigenvalue weighted by Crippen LogP contribution is 2.28. The quantitative estimate of drug-likeness (QED) is 0.854. The third-order valence-electron chi connectivity index (χ3n) is 4.21. The highest BCUT2D eigenvalue weighted by atomic mass is 15.5. The SMILES string of the molecule is C=Cc1nn(CC(C)(C)C(=C)Nc2ccc(C)c(C)c2)nc1C. The molecule has 0 aliphatic carbocycles. The van der Waals surface area contributed by atoms with E-state index in [1.54, 1.807) is 10.9 Å². The molecule has 23 heavy (non-hydrogen) atoms. The second-order valence-corrected chi connectivity index (χ2v) is 6.69. The van der Waals surface area contributed by atoms with Crippen molar-refractivity contribution >= 4 is 11.8 Å². The van der Waals surface area contributed by atoms with E-state index in [-0.39, 0.29) is 5.41 Å². The zero-order valence-electron chi connectivity index (χ0n) is 14.8. The molecule has 0 fully saturated rings. The Morgan fingerprint density at radius 2 is 1.91 bits per heavy atom. The van der Waals surface area contributed by atoms with E-state index in [1.165, 1.54) is 11.1 Å². The van der Waals surface area contributed by atoms with Crippen molar-refractivity contribution in [2.75, 3.05) is 5.32 Å². The lowest BCUT2D eigenvalue weighted by atomic mass is 9.89. The second kappa shape index (κ2) is 6.41. The predicted molar refractivity (Wildman–Crippen MR) is 97.3 cm³/mol. The van der Waals surface area contributed by atoms with Gasteiger partial charge in [-0.3, -0.25) is 0 Å². The van der Waals surface area contributed by atoms with Crippen molar-refractivity contribution in [2.24, 2.45) is 5.41 Å². The van der Waals surface area contributed by atoms with E-state index in [9.17, 15) is 0 Å². The fourth-order valence-electron chi connectivity index (χ4n) is 2.31. The van der Waals surface area contributed by atoms with Crippen LogP contribution in [0.2, 0.25) is 0 Å². The highest BCUT2D eigenvalue weighted by Gasteiger charge is 2.24. The van der Waals surface area contributed by atoms with Crippen molar-refractivity contribution in [3.63, 3.8) is 0 Å². The van der Waals surface area contributed by atoms with Gasteiger partial charge in [-0.2, -0.15) is 15.0 Å². The summed E-state index contributed by atoms with van der Waals surface area (Å²) in [5.41, 5.74) is 6.08. The van der Waals surface area contributed by atoms with Crippen LogP contribution in [0.1, 0.15) is 36.4 Å². The van der Waals surface area contributed by atoms with Crippen LogP contribution in [0.25, 0.3) is 6.08 Å². The van der Waals surface area contributed by atoms with Gasteiger partial charge in [0, 0.05) is 16.8 Å². The zero-order valence-corrected chi connectivity index (χ0v) is 14.8. The minimum absolute atomic E-state index is 0.192. The molecule has 1 aromatic heterocycles. The average molecular weight is 310 g/mol. The van der Waals surface area contributed by atoms with Crippen LogP contribution in [0.15, 0.2) is 37.1 Å². The van der Waals surface area contributed by atoms with Gasteiger partial charge >= 0.3 is 0 Å². The molecule has 0 bridgehead atoms. The first-order valence-corrected chi connectivity index (χ1v) is 7.81. The molecule has 0 aliphatic rings. The lowest BCUT2D eigenvalue weighted by molar-refractivity contribution is 0.327. The predicted octanol–water partition coefficient (Wildman–Crippen LogP) is 4.50. The lowest BCUT2D eigenvalue weighted by Crippen LogP contribution is -2.27. The monoisotopic (exact) mass is 310 g/mol. The third-order valence-corrected chi connectivity index (χ3v) is 4.21. The summed E-state index contributed by atoms with van der Waals surface area (Å²) in [5, 5.41) is 12.3. The van der Waals surface area contributed by atoms with Gasteiger partial charge in [-0.25, -0.2) is 0 Å². The Kier molecular flexibility index (Phi) is 4.73. The van der Waals surface area contributed by atoms with Crippen LogP contribution in [-0.4, -0.2) is 15.0 Å². The number of hydrogen-bond acceptors (Lipinski definition) is 3. The first-order chi connectivity index (χ1) is 10.7. The van der Waals surface area contributed by atoms with E-state index >= 15 is 0 Å². The molecule has 0 unspecified atom stereocenters. The van der Waals surface area contributed by atoms with Gasteiger partial charge in [0.15, 0.2) is 0 Å². The molecule has 0 saturated carbocycles. The van der Waals surface area contributed by atoms with Crippen LogP contribution in [0, 0.1) is 26.2 Å². The number of aryl methyl sites for hydroxylation is 3. The molecule has 2 rings (SSSR count). The maximum Gasteiger partial charge on any atom is 0.108 e. The normalized spacial score (nSPS) is 11.3. The number of nitrogens with zero attached hydrogens (tertiary/aromatic N) is 3. The summed E-state index contributed by atoms with van der Waals surface area (Å²) < 4.78 is 0. The van der Waals surface area contributed by atoms with Crippen molar-refractivity contribution in [1.82, 2.24) is 15.0 Å². The number of anilines is 1. The van der Waals surface area contributed by atoms with E-state index in [0.717, 1.165) is 22.8 Å². The minimum Gasteiger partial charge on any atom is -0.359 e. The Balaban J connectivity index is 2.12. The molecule has 1 heterocycles. The zero-order chi connectivity index (χ0) is 17.2. The van der Waals surface area contributed by atoms with E-state index in [2.05, 4.69) is 74.6 Å². The number of allylic oxidation sites excluding steroid dienone is 1. The average Bonchev–Trinajstić information content (AvgIpc) is 2.81. The van der Waals surface area contributed by atoms with E-state index in [4.69, 9.17) is 0 Å². The summed E-state index contributed by atoms with van der Waals surface area (Å²) in [5.74, 6) is 0. The highest BCUT2D eigenvalue weighted by molar-refractivity contribution is 5.52. The molecular formula is C19H26N4. The van der Waals surface area contributed by atoms with Gasteiger partial charge in [0.05, 0.1) is 12.2 Å². The number of aromatic nitrogens is 3. The summed E-state index contributed by atoms with van der Waals surface area (Å²) in [7, 11) is 0. The number of hydrogen-bond donors (Lipinski definition) is 1. The number of nitrogens with one attached hydrogen (secondary N) is 1. The van der Waals surface area contributed by atoms with E-state index in [0.29, 0.717) is 6.54 Å². The molecule has 122 valence electrons. The number of benzene rings is 1. The Morgan fingerprint density at radius 3 is 2.48 bits per heavy atom.